The van der Waals surface area contributed by atoms with Crippen LogP contribution in [0.4, 0.5) is 10.5 Å². The van der Waals surface area contributed by atoms with Crippen molar-refractivity contribution in [1.29, 1.82) is 0 Å². The van der Waals surface area contributed by atoms with Crippen molar-refractivity contribution >= 4 is 29.3 Å². The van der Waals surface area contributed by atoms with E-state index >= 15 is 0 Å². The lowest BCUT2D eigenvalue weighted by Crippen LogP contribution is -2.46. The molecule has 0 aliphatic rings. The monoisotopic (exact) mass is 298 g/mol. The van der Waals surface area contributed by atoms with Gasteiger partial charge in [-0.25, -0.2) is 9.59 Å². The van der Waals surface area contributed by atoms with E-state index in [1.54, 1.807) is 18.2 Å². The zero-order chi connectivity index (χ0) is 15.3. The highest BCUT2D eigenvalue weighted by Crippen LogP contribution is 2.20. The number of hydrogen-bond acceptors (Lipinski definition) is 3. The maximum atomic E-state index is 11.9. The van der Waals surface area contributed by atoms with E-state index in [-0.39, 0.29) is 5.92 Å². The van der Waals surface area contributed by atoms with Crippen molar-refractivity contribution in [2.75, 3.05) is 12.4 Å². The van der Waals surface area contributed by atoms with Crippen LogP contribution in [0, 0.1) is 12.8 Å². The summed E-state index contributed by atoms with van der Waals surface area (Å²) in [5.41, 5.74) is 1.48. The molecule has 2 N–H and O–H groups in total. The molecule has 0 aromatic heterocycles. The molecule has 110 valence electrons. The summed E-state index contributed by atoms with van der Waals surface area (Å²) in [4.78, 5) is 23.5. The first-order valence-electron chi connectivity index (χ1n) is 6.26. The van der Waals surface area contributed by atoms with E-state index in [0.717, 1.165) is 5.56 Å². The zero-order valence-electron chi connectivity index (χ0n) is 12.0. The van der Waals surface area contributed by atoms with Crippen LogP contribution < -0.4 is 10.6 Å². The van der Waals surface area contributed by atoms with E-state index < -0.39 is 18.0 Å². The Hall–Kier alpha value is -1.75. The number of benzene rings is 1. The summed E-state index contributed by atoms with van der Waals surface area (Å²) in [6, 6.07) is 4.03. The minimum absolute atomic E-state index is 0.0753. The molecule has 0 aliphatic carbocycles. The number of amides is 2. The molecule has 6 heteroatoms. The van der Waals surface area contributed by atoms with E-state index in [2.05, 4.69) is 15.4 Å². The van der Waals surface area contributed by atoms with Gasteiger partial charge >= 0.3 is 12.0 Å². The van der Waals surface area contributed by atoms with Crippen molar-refractivity contribution in [2.24, 2.45) is 5.92 Å². The fourth-order valence-electron chi connectivity index (χ4n) is 1.65. The van der Waals surface area contributed by atoms with Gasteiger partial charge in [0.15, 0.2) is 0 Å². The Bertz CT molecular complexity index is 503. The van der Waals surface area contributed by atoms with Gasteiger partial charge in [-0.05, 0) is 30.5 Å². The number of methoxy groups -OCH3 is 1. The van der Waals surface area contributed by atoms with Gasteiger partial charge < -0.3 is 15.4 Å². The molecule has 0 spiro atoms. The van der Waals surface area contributed by atoms with Crippen LogP contribution >= 0.6 is 11.6 Å². The zero-order valence-corrected chi connectivity index (χ0v) is 12.7. The summed E-state index contributed by atoms with van der Waals surface area (Å²) in [5, 5.41) is 5.79. The Morgan fingerprint density at radius 2 is 1.95 bits per heavy atom. The molecular weight excluding hydrogens is 280 g/mol. The third kappa shape index (κ3) is 4.42. The highest BCUT2D eigenvalue weighted by molar-refractivity contribution is 6.31. The summed E-state index contributed by atoms with van der Waals surface area (Å²) in [6.07, 6.45) is 0. The van der Waals surface area contributed by atoms with Gasteiger partial charge in [0.05, 0.1) is 7.11 Å². The standard InChI is InChI=1S/C14H19ClN2O3/c1-8(2)12(13(18)20-4)17-14(19)16-11-7-10(15)6-5-9(11)3/h5-8,12H,1-4H3,(H2,16,17,19). The summed E-state index contributed by atoms with van der Waals surface area (Å²) in [5.74, 6) is -0.549. The van der Waals surface area contributed by atoms with E-state index in [1.807, 2.05) is 20.8 Å². The summed E-state index contributed by atoms with van der Waals surface area (Å²) in [7, 11) is 1.29. The fourth-order valence-corrected chi connectivity index (χ4v) is 1.83. The molecule has 0 aliphatic heterocycles. The summed E-state index contributed by atoms with van der Waals surface area (Å²) < 4.78 is 4.67. The SMILES string of the molecule is COC(=O)C(NC(=O)Nc1cc(Cl)ccc1C)C(C)C. The van der Waals surface area contributed by atoms with Gasteiger partial charge in [-0.1, -0.05) is 31.5 Å². The molecule has 0 saturated carbocycles. The van der Waals surface area contributed by atoms with Gasteiger partial charge in [0.2, 0.25) is 0 Å². The average Bonchev–Trinajstić information content (AvgIpc) is 2.39. The Morgan fingerprint density at radius 3 is 2.50 bits per heavy atom. The lowest BCUT2D eigenvalue weighted by Gasteiger charge is -2.20. The number of nitrogens with one attached hydrogen (secondary N) is 2. The van der Waals surface area contributed by atoms with Gasteiger partial charge in [0, 0.05) is 10.7 Å². The Labute approximate surface area is 123 Å². The Kier molecular flexibility index (Phi) is 5.82. The molecule has 1 aromatic carbocycles. The topological polar surface area (TPSA) is 67.4 Å². The molecule has 0 bridgehead atoms. The number of aryl methyl sites for hydroxylation is 1. The van der Waals surface area contributed by atoms with Crippen molar-refractivity contribution in [3.63, 3.8) is 0 Å². The molecule has 0 heterocycles. The molecular formula is C14H19ClN2O3. The average molecular weight is 299 g/mol. The van der Waals surface area contributed by atoms with Crippen LogP contribution in [0.2, 0.25) is 5.02 Å². The predicted molar refractivity (Wildman–Crippen MR) is 79.0 cm³/mol. The van der Waals surface area contributed by atoms with Crippen LogP contribution in [0.1, 0.15) is 19.4 Å². The number of anilines is 1. The number of esters is 1. The van der Waals surface area contributed by atoms with Crippen LogP contribution in [0.3, 0.4) is 0 Å². The minimum atomic E-state index is -0.695. The third-order valence-corrected chi connectivity index (χ3v) is 3.09. The maximum absolute atomic E-state index is 11.9. The van der Waals surface area contributed by atoms with Crippen molar-refractivity contribution in [1.82, 2.24) is 5.32 Å². The van der Waals surface area contributed by atoms with Gasteiger partial charge in [-0.3, -0.25) is 0 Å². The fraction of sp³-hybridized carbons (Fsp3) is 0.429. The number of halogens is 1. The van der Waals surface area contributed by atoms with E-state index in [4.69, 9.17) is 11.6 Å². The second-order valence-corrected chi connectivity index (χ2v) is 5.24. The van der Waals surface area contributed by atoms with Crippen LogP contribution in [0.5, 0.6) is 0 Å². The first-order chi connectivity index (χ1) is 9.35. The van der Waals surface area contributed by atoms with Crippen molar-refractivity contribution in [3.05, 3.63) is 28.8 Å². The molecule has 0 saturated heterocycles. The molecule has 0 fully saturated rings. The second-order valence-electron chi connectivity index (χ2n) is 4.80. The first-order valence-corrected chi connectivity index (χ1v) is 6.64. The third-order valence-electron chi connectivity index (χ3n) is 2.86. The van der Waals surface area contributed by atoms with Crippen molar-refractivity contribution in [2.45, 2.75) is 26.8 Å². The van der Waals surface area contributed by atoms with Crippen LogP contribution in [0.15, 0.2) is 18.2 Å². The quantitative estimate of drug-likeness (QED) is 0.840. The Morgan fingerprint density at radius 1 is 1.30 bits per heavy atom. The maximum Gasteiger partial charge on any atom is 0.328 e. The molecule has 2 amide bonds. The highest BCUT2D eigenvalue weighted by Gasteiger charge is 2.24. The molecule has 1 unspecified atom stereocenters. The summed E-state index contributed by atoms with van der Waals surface area (Å²) in [6.45, 7) is 5.51. The number of rotatable bonds is 4. The number of ether oxygens (including phenoxy) is 1. The van der Waals surface area contributed by atoms with Gasteiger partial charge in [-0.15, -0.1) is 0 Å². The molecule has 20 heavy (non-hydrogen) atoms. The van der Waals surface area contributed by atoms with Crippen LogP contribution in [-0.2, 0) is 9.53 Å². The number of carbonyl (C=O) groups excluding carboxylic acids is 2. The van der Waals surface area contributed by atoms with Crippen LogP contribution in [-0.4, -0.2) is 25.2 Å². The van der Waals surface area contributed by atoms with E-state index in [9.17, 15) is 9.59 Å². The largest absolute Gasteiger partial charge is 0.467 e. The molecule has 1 atom stereocenters. The normalized spacial score (nSPS) is 11.9. The first kappa shape index (κ1) is 16.3. The van der Waals surface area contributed by atoms with E-state index in [1.165, 1.54) is 7.11 Å². The van der Waals surface area contributed by atoms with Crippen LogP contribution in [0.25, 0.3) is 0 Å². The highest BCUT2D eigenvalue weighted by atomic mass is 35.5. The number of urea groups is 1. The smallest absolute Gasteiger partial charge is 0.328 e. The van der Waals surface area contributed by atoms with E-state index in [0.29, 0.717) is 10.7 Å². The van der Waals surface area contributed by atoms with Gasteiger partial charge in [-0.2, -0.15) is 0 Å². The van der Waals surface area contributed by atoms with Crippen molar-refractivity contribution in [3.8, 4) is 0 Å². The van der Waals surface area contributed by atoms with Gasteiger partial charge in [0.1, 0.15) is 6.04 Å². The number of carbonyl (C=O) groups is 2. The molecule has 1 rings (SSSR count). The minimum Gasteiger partial charge on any atom is -0.467 e. The lowest BCUT2D eigenvalue weighted by molar-refractivity contribution is -0.143. The summed E-state index contributed by atoms with van der Waals surface area (Å²) >= 11 is 5.88. The lowest BCUT2D eigenvalue weighted by atomic mass is 10.1. The van der Waals surface area contributed by atoms with Gasteiger partial charge in [0.25, 0.3) is 0 Å². The Balaban J connectivity index is 2.75. The molecule has 0 radical (unpaired) electrons. The second kappa shape index (κ2) is 7.14. The number of hydrogen-bond donors (Lipinski definition) is 2. The molecule has 1 aromatic rings. The predicted octanol–water partition coefficient (Wildman–Crippen LogP) is 2.97. The molecule has 5 nitrogen and oxygen atoms in total. The van der Waals surface area contributed by atoms with Crippen molar-refractivity contribution < 1.29 is 14.3 Å².